The SMILES string of the molecule is CC(C)N1CCC(Oc2cnc3[nH]c(C=O)cc3c2)CC1. The van der Waals surface area contributed by atoms with Gasteiger partial charge in [-0.2, -0.15) is 0 Å². The fraction of sp³-hybridized carbons (Fsp3) is 0.500. The molecule has 2 aromatic heterocycles. The van der Waals surface area contributed by atoms with Crippen molar-refractivity contribution in [1.82, 2.24) is 14.9 Å². The maximum Gasteiger partial charge on any atom is 0.166 e. The molecule has 0 atom stereocenters. The van der Waals surface area contributed by atoms with E-state index in [1.165, 1.54) is 0 Å². The largest absolute Gasteiger partial charge is 0.489 e. The fourth-order valence-corrected chi connectivity index (χ4v) is 2.85. The van der Waals surface area contributed by atoms with Gasteiger partial charge in [-0.3, -0.25) is 4.79 Å². The van der Waals surface area contributed by atoms with Crippen molar-refractivity contribution in [1.29, 1.82) is 0 Å². The van der Waals surface area contributed by atoms with E-state index in [1.807, 2.05) is 6.07 Å². The van der Waals surface area contributed by atoms with Gasteiger partial charge in [-0.05, 0) is 38.8 Å². The first kappa shape index (κ1) is 14.1. The van der Waals surface area contributed by atoms with Gasteiger partial charge in [0.1, 0.15) is 17.5 Å². The van der Waals surface area contributed by atoms with Crippen LogP contribution in [-0.4, -0.2) is 46.4 Å². The summed E-state index contributed by atoms with van der Waals surface area (Å²) in [6.45, 7) is 6.63. The third kappa shape index (κ3) is 3.08. The highest BCUT2D eigenvalue weighted by Gasteiger charge is 2.22. The van der Waals surface area contributed by atoms with Gasteiger partial charge in [-0.15, -0.1) is 0 Å². The van der Waals surface area contributed by atoms with E-state index in [0.717, 1.165) is 49.0 Å². The maximum absolute atomic E-state index is 10.8. The third-order valence-corrected chi connectivity index (χ3v) is 4.10. The summed E-state index contributed by atoms with van der Waals surface area (Å²) in [7, 11) is 0. The zero-order chi connectivity index (χ0) is 14.8. The van der Waals surface area contributed by atoms with E-state index in [1.54, 1.807) is 12.3 Å². The van der Waals surface area contributed by atoms with E-state index in [4.69, 9.17) is 4.74 Å². The van der Waals surface area contributed by atoms with Gasteiger partial charge in [0.05, 0.1) is 11.9 Å². The normalized spacial score (nSPS) is 17.5. The number of carbonyl (C=O) groups excluding carboxylic acids is 1. The van der Waals surface area contributed by atoms with Gasteiger partial charge in [0.25, 0.3) is 0 Å². The van der Waals surface area contributed by atoms with Crippen molar-refractivity contribution in [2.75, 3.05) is 13.1 Å². The van der Waals surface area contributed by atoms with E-state index in [0.29, 0.717) is 11.7 Å². The first-order chi connectivity index (χ1) is 10.2. The number of aldehydes is 1. The zero-order valence-corrected chi connectivity index (χ0v) is 12.5. The Kier molecular flexibility index (Phi) is 3.92. The summed E-state index contributed by atoms with van der Waals surface area (Å²) in [6.07, 6.45) is 4.86. The molecule has 112 valence electrons. The van der Waals surface area contributed by atoms with Crippen LogP contribution in [0.2, 0.25) is 0 Å². The molecular weight excluding hydrogens is 266 g/mol. The highest BCUT2D eigenvalue weighted by molar-refractivity contribution is 5.86. The number of hydrogen-bond donors (Lipinski definition) is 1. The van der Waals surface area contributed by atoms with Crippen LogP contribution in [0.4, 0.5) is 0 Å². The second-order valence-corrected chi connectivity index (χ2v) is 5.90. The van der Waals surface area contributed by atoms with E-state index >= 15 is 0 Å². The molecule has 21 heavy (non-hydrogen) atoms. The summed E-state index contributed by atoms with van der Waals surface area (Å²) in [4.78, 5) is 20.5. The molecule has 0 aromatic carbocycles. The monoisotopic (exact) mass is 287 g/mol. The summed E-state index contributed by atoms with van der Waals surface area (Å²) in [5, 5.41) is 0.911. The molecular formula is C16H21N3O2. The molecule has 0 amide bonds. The zero-order valence-electron chi connectivity index (χ0n) is 12.5. The molecule has 1 fully saturated rings. The Bertz CT molecular complexity index is 627. The summed E-state index contributed by atoms with van der Waals surface area (Å²) in [5.41, 5.74) is 1.26. The lowest BCUT2D eigenvalue weighted by Gasteiger charge is -2.34. The minimum absolute atomic E-state index is 0.253. The quantitative estimate of drug-likeness (QED) is 0.878. The van der Waals surface area contributed by atoms with Crippen molar-refractivity contribution in [3.8, 4) is 5.75 Å². The molecule has 0 unspecified atom stereocenters. The average molecular weight is 287 g/mol. The van der Waals surface area contributed by atoms with Crippen molar-refractivity contribution < 1.29 is 9.53 Å². The van der Waals surface area contributed by atoms with Crippen LogP contribution in [0.3, 0.4) is 0 Å². The minimum atomic E-state index is 0.253. The van der Waals surface area contributed by atoms with E-state index < -0.39 is 0 Å². The Labute approximate surface area is 124 Å². The highest BCUT2D eigenvalue weighted by Crippen LogP contribution is 2.23. The number of nitrogens with one attached hydrogen (secondary N) is 1. The van der Waals surface area contributed by atoms with E-state index in [9.17, 15) is 4.79 Å². The van der Waals surface area contributed by atoms with Gasteiger partial charge in [0.15, 0.2) is 6.29 Å². The predicted octanol–water partition coefficient (Wildman–Crippen LogP) is 2.63. The Morgan fingerprint density at radius 3 is 2.81 bits per heavy atom. The number of carbonyl (C=O) groups is 1. The number of aromatic amines is 1. The first-order valence-corrected chi connectivity index (χ1v) is 7.50. The van der Waals surface area contributed by atoms with Gasteiger partial charge in [-0.1, -0.05) is 0 Å². The number of pyridine rings is 1. The molecule has 3 heterocycles. The Morgan fingerprint density at radius 2 is 2.14 bits per heavy atom. The standard InChI is InChI=1S/C16H21N3O2/c1-11(2)19-5-3-14(4-6-19)21-15-8-12-7-13(10-20)18-16(12)17-9-15/h7-11,14H,3-6H2,1-2H3,(H,17,18). The average Bonchev–Trinajstić information content (AvgIpc) is 2.90. The molecule has 0 aliphatic carbocycles. The van der Waals surface area contributed by atoms with Crippen LogP contribution in [0, 0.1) is 0 Å². The van der Waals surface area contributed by atoms with Crippen LogP contribution in [0.25, 0.3) is 11.0 Å². The number of likely N-dealkylation sites (tertiary alicyclic amines) is 1. The van der Waals surface area contributed by atoms with Crippen LogP contribution in [0.5, 0.6) is 5.75 Å². The molecule has 3 rings (SSSR count). The third-order valence-electron chi connectivity index (χ3n) is 4.10. The number of H-pyrrole nitrogens is 1. The predicted molar refractivity (Wildman–Crippen MR) is 81.8 cm³/mol. The molecule has 5 heteroatoms. The number of hydrogen-bond acceptors (Lipinski definition) is 4. The smallest absolute Gasteiger partial charge is 0.166 e. The maximum atomic E-state index is 10.8. The van der Waals surface area contributed by atoms with Crippen LogP contribution in [0.15, 0.2) is 18.3 Å². The molecule has 5 nitrogen and oxygen atoms in total. The lowest BCUT2D eigenvalue weighted by atomic mass is 10.1. The highest BCUT2D eigenvalue weighted by atomic mass is 16.5. The first-order valence-electron chi connectivity index (χ1n) is 7.50. The number of piperidine rings is 1. The van der Waals surface area contributed by atoms with Crippen LogP contribution >= 0.6 is 0 Å². The Balaban J connectivity index is 1.66. The molecule has 0 spiro atoms. The molecule has 1 N–H and O–H groups in total. The van der Waals surface area contributed by atoms with Crippen molar-refractivity contribution in [2.45, 2.75) is 38.8 Å². The van der Waals surface area contributed by atoms with Gasteiger partial charge < -0.3 is 14.6 Å². The summed E-state index contributed by atoms with van der Waals surface area (Å²) in [6, 6.07) is 4.34. The molecule has 0 saturated carbocycles. The van der Waals surface area contributed by atoms with Gasteiger partial charge in [-0.25, -0.2) is 4.98 Å². The summed E-state index contributed by atoms with van der Waals surface area (Å²) >= 11 is 0. The number of fused-ring (bicyclic) bond motifs is 1. The molecule has 0 bridgehead atoms. The van der Waals surface area contributed by atoms with Gasteiger partial charge >= 0.3 is 0 Å². The van der Waals surface area contributed by atoms with Crippen molar-refractivity contribution in [3.63, 3.8) is 0 Å². The van der Waals surface area contributed by atoms with Crippen LogP contribution in [-0.2, 0) is 0 Å². The van der Waals surface area contributed by atoms with Gasteiger partial charge in [0.2, 0.25) is 0 Å². The Hall–Kier alpha value is -1.88. The van der Waals surface area contributed by atoms with Gasteiger partial charge in [0, 0.05) is 24.5 Å². The fourth-order valence-electron chi connectivity index (χ4n) is 2.85. The molecule has 1 aliphatic heterocycles. The number of rotatable bonds is 4. The summed E-state index contributed by atoms with van der Waals surface area (Å²) in [5.74, 6) is 0.780. The van der Waals surface area contributed by atoms with Crippen molar-refractivity contribution in [2.24, 2.45) is 0 Å². The molecule has 2 aromatic rings. The van der Waals surface area contributed by atoms with Crippen LogP contribution in [0.1, 0.15) is 37.2 Å². The molecule has 1 saturated heterocycles. The summed E-state index contributed by atoms with van der Waals surface area (Å²) < 4.78 is 6.04. The van der Waals surface area contributed by atoms with E-state index in [2.05, 4.69) is 28.7 Å². The second kappa shape index (κ2) is 5.85. The number of aromatic nitrogens is 2. The lowest BCUT2D eigenvalue weighted by Crippen LogP contribution is -2.41. The number of nitrogens with zero attached hydrogens (tertiary/aromatic N) is 2. The molecule has 1 aliphatic rings. The Morgan fingerprint density at radius 1 is 1.38 bits per heavy atom. The lowest BCUT2D eigenvalue weighted by molar-refractivity contribution is 0.0842. The minimum Gasteiger partial charge on any atom is -0.489 e. The second-order valence-electron chi connectivity index (χ2n) is 5.90. The van der Waals surface area contributed by atoms with Crippen molar-refractivity contribution in [3.05, 3.63) is 24.0 Å². The number of ether oxygens (including phenoxy) is 1. The topological polar surface area (TPSA) is 58.2 Å². The van der Waals surface area contributed by atoms with E-state index in [-0.39, 0.29) is 6.10 Å². The van der Waals surface area contributed by atoms with Crippen LogP contribution < -0.4 is 4.74 Å². The van der Waals surface area contributed by atoms with Crippen molar-refractivity contribution >= 4 is 17.3 Å². The molecule has 0 radical (unpaired) electrons.